The Bertz CT molecular complexity index is 2530. The van der Waals surface area contributed by atoms with Crippen molar-refractivity contribution in [3.05, 3.63) is 180 Å². The fourth-order valence-corrected chi connectivity index (χ4v) is 10.2. The van der Waals surface area contributed by atoms with Crippen LogP contribution in [0.3, 0.4) is 0 Å². The first-order valence-electron chi connectivity index (χ1n) is 23.9. The summed E-state index contributed by atoms with van der Waals surface area (Å²) in [7, 11) is 0. The van der Waals surface area contributed by atoms with E-state index in [-0.39, 0.29) is 10.8 Å². The molecule has 1 heteroatoms. The van der Waals surface area contributed by atoms with E-state index in [9.17, 15) is 0 Å². The van der Waals surface area contributed by atoms with Gasteiger partial charge in [0, 0.05) is 16.8 Å². The molecule has 0 amide bonds. The highest BCUT2D eigenvalue weighted by molar-refractivity contribution is 5.85. The van der Waals surface area contributed by atoms with E-state index in [4.69, 9.17) is 0 Å². The van der Waals surface area contributed by atoms with Crippen molar-refractivity contribution in [3.8, 4) is 55.6 Å². The minimum atomic E-state index is 0.0737. The fourth-order valence-electron chi connectivity index (χ4n) is 10.2. The minimum Gasteiger partial charge on any atom is -0.356 e. The van der Waals surface area contributed by atoms with Crippen molar-refractivity contribution in [1.82, 2.24) is 0 Å². The fraction of sp³-hybridized carbons (Fsp3) is 0.311. The molecule has 0 saturated carbocycles. The molecule has 316 valence electrons. The first kappa shape index (κ1) is 43.0. The second-order valence-electron chi connectivity index (χ2n) is 18.3. The highest BCUT2D eigenvalue weighted by atomic mass is 14.9. The van der Waals surface area contributed by atoms with E-state index in [0.29, 0.717) is 0 Å². The lowest BCUT2D eigenvalue weighted by Gasteiger charge is -2.33. The standard InChI is InChI=1S/C61H67N/c1-6-10-12-19-38-61(39-20-13-11-7-2)58-27-18-17-26-56(58)57-37-36-55(44-59(57)61)62-54-34-30-47(31-35-54)51-41-50(46-28-32-53(33-29-46)60(5,8-3)9-4)42-52(43-51)49-25-21-24-48(40-49)45-22-15-14-16-23-45/h14-18,21-37,40-44,62H,6-13,19-20,38-39H2,1-5H3. The Morgan fingerprint density at radius 3 is 1.48 bits per heavy atom. The van der Waals surface area contributed by atoms with Crippen LogP contribution in [0.25, 0.3) is 55.6 Å². The topological polar surface area (TPSA) is 12.0 Å². The van der Waals surface area contributed by atoms with Crippen molar-refractivity contribution in [2.24, 2.45) is 0 Å². The van der Waals surface area contributed by atoms with Crippen molar-refractivity contribution < 1.29 is 0 Å². The van der Waals surface area contributed by atoms with Gasteiger partial charge >= 0.3 is 0 Å². The smallest absolute Gasteiger partial charge is 0.0387 e. The quantitative estimate of drug-likeness (QED) is 0.0802. The van der Waals surface area contributed by atoms with E-state index in [0.717, 1.165) is 18.5 Å². The highest BCUT2D eigenvalue weighted by Crippen LogP contribution is 2.55. The van der Waals surface area contributed by atoms with Crippen LogP contribution >= 0.6 is 0 Å². The summed E-state index contributed by atoms with van der Waals surface area (Å²) in [6.07, 6.45) is 15.0. The molecule has 1 nitrogen and oxygen atoms in total. The normalized spacial score (nSPS) is 12.9. The lowest BCUT2D eigenvalue weighted by molar-refractivity contribution is 0.401. The molecule has 0 atom stereocenters. The summed E-state index contributed by atoms with van der Waals surface area (Å²) in [5, 5.41) is 3.85. The number of hydrogen-bond acceptors (Lipinski definition) is 1. The number of rotatable bonds is 19. The van der Waals surface area contributed by atoms with Gasteiger partial charge in [0.25, 0.3) is 0 Å². The van der Waals surface area contributed by atoms with E-state index in [1.54, 1.807) is 5.56 Å². The zero-order valence-electron chi connectivity index (χ0n) is 38.1. The van der Waals surface area contributed by atoms with E-state index < -0.39 is 0 Å². The van der Waals surface area contributed by atoms with E-state index in [1.807, 2.05) is 0 Å². The Hall–Kier alpha value is -5.66. The molecule has 1 aliphatic rings. The number of fused-ring (bicyclic) bond motifs is 3. The van der Waals surface area contributed by atoms with E-state index >= 15 is 0 Å². The SMILES string of the molecule is CCCCCCC1(CCCCCC)c2ccccc2-c2ccc(Nc3ccc(-c4cc(-c5ccc(C(C)(CC)CC)cc5)cc(-c5cccc(-c6ccccc6)c5)c4)cc3)cc21. The summed E-state index contributed by atoms with van der Waals surface area (Å²) in [5.41, 5.74) is 19.7. The van der Waals surface area contributed by atoms with Crippen LogP contribution in [0.15, 0.2) is 164 Å². The van der Waals surface area contributed by atoms with Gasteiger partial charge in [-0.15, -0.1) is 0 Å². The maximum Gasteiger partial charge on any atom is 0.0387 e. The predicted octanol–water partition coefficient (Wildman–Crippen LogP) is 18.4. The van der Waals surface area contributed by atoms with Gasteiger partial charge in [-0.1, -0.05) is 201 Å². The Morgan fingerprint density at radius 2 is 0.871 bits per heavy atom. The van der Waals surface area contributed by atoms with Crippen molar-refractivity contribution in [1.29, 1.82) is 0 Å². The first-order valence-corrected chi connectivity index (χ1v) is 23.9. The predicted molar refractivity (Wildman–Crippen MR) is 270 cm³/mol. The molecule has 0 unspecified atom stereocenters. The molecule has 8 rings (SSSR count). The summed E-state index contributed by atoms with van der Waals surface area (Å²) < 4.78 is 0. The molecule has 0 bridgehead atoms. The first-order chi connectivity index (χ1) is 30.4. The number of hydrogen-bond donors (Lipinski definition) is 1. The van der Waals surface area contributed by atoms with Crippen molar-refractivity contribution in [2.45, 2.75) is 122 Å². The van der Waals surface area contributed by atoms with Gasteiger partial charge in [-0.3, -0.25) is 0 Å². The van der Waals surface area contributed by atoms with Crippen LogP contribution in [0.5, 0.6) is 0 Å². The molecule has 62 heavy (non-hydrogen) atoms. The van der Waals surface area contributed by atoms with Crippen LogP contribution in [0.4, 0.5) is 11.4 Å². The number of nitrogens with one attached hydrogen (secondary N) is 1. The highest BCUT2D eigenvalue weighted by Gasteiger charge is 2.42. The van der Waals surface area contributed by atoms with Crippen LogP contribution in [0.1, 0.15) is 128 Å². The van der Waals surface area contributed by atoms with Gasteiger partial charge in [-0.2, -0.15) is 0 Å². The third-order valence-electron chi connectivity index (χ3n) is 14.4. The Kier molecular flexibility index (Phi) is 13.6. The summed E-state index contributed by atoms with van der Waals surface area (Å²) in [5.74, 6) is 0. The lowest BCUT2D eigenvalue weighted by Crippen LogP contribution is -2.25. The van der Waals surface area contributed by atoms with E-state index in [2.05, 4.69) is 204 Å². The molecule has 7 aromatic rings. The molecular weight excluding hydrogens is 747 g/mol. The maximum absolute atomic E-state index is 3.85. The molecule has 0 fully saturated rings. The van der Waals surface area contributed by atoms with E-state index in [1.165, 1.54) is 137 Å². The molecule has 0 spiro atoms. The Labute approximate surface area is 373 Å². The van der Waals surface area contributed by atoms with Gasteiger partial charge < -0.3 is 5.32 Å². The average molecular weight is 814 g/mol. The van der Waals surface area contributed by atoms with Gasteiger partial charge in [0.1, 0.15) is 0 Å². The molecule has 0 saturated heterocycles. The van der Waals surface area contributed by atoms with Crippen molar-refractivity contribution in [3.63, 3.8) is 0 Å². The monoisotopic (exact) mass is 814 g/mol. The number of anilines is 2. The van der Waals surface area contributed by atoms with Crippen LogP contribution in [0.2, 0.25) is 0 Å². The van der Waals surface area contributed by atoms with Gasteiger partial charge in [0.2, 0.25) is 0 Å². The second kappa shape index (κ2) is 19.6. The van der Waals surface area contributed by atoms with Crippen LogP contribution in [-0.4, -0.2) is 0 Å². The number of unbranched alkanes of at least 4 members (excludes halogenated alkanes) is 6. The zero-order valence-corrected chi connectivity index (χ0v) is 38.1. The summed E-state index contributed by atoms with van der Waals surface area (Å²) in [4.78, 5) is 0. The Morgan fingerprint density at radius 1 is 0.387 bits per heavy atom. The van der Waals surface area contributed by atoms with Crippen molar-refractivity contribution >= 4 is 11.4 Å². The Balaban J connectivity index is 1.12. The summed E-state index contributed by atoms with van der Waals surface area (Å²) in [6.45, 7) is 11.6. The van der Waals surface area contributed by atoms with Crippen molar-refractivity contribution in [2.75, 3.05) is 5.32 Å². The van der Waals surface area contributed by atoms with Gasteiger partial charge in [-0.25, -0.2) is 0 Å². The molecule has 1 N–H and O–H groups in total. The molecule has 0 radical (unpaired) electrons. The third-order valence-corrected chi connectivity index (χ3v) is 14.4. The zero-order chi connectivity index (χ0) is 42.9. The van der Waals surface area contributed by atoms with Crippen LogP contribution in [-0.2, 0) is 10.8 Å². The van der Waals surface area contributed by atoms with Crippen LogP contribution in [0, 0.1) is 0 Å². The lowest BCUT2D eigenvalue weighted by atomic mass is 9.70. The second-order valence-corrected chi connectivity index (χ2v) is 18.3. The summed E-state index contributed by atoms with van der Waals surface area (Å²) >= 11 is 0. The van der Waals surface area contributed by atoms with Gasteiger partial charge in [-0.05, 0) is 152 Å². The third kappa shape index (κ3) is 9.10. The molecule has 7 aromatic carbocycles. The molecule has 0 heterocycles. The van der Waals surface area contributed by atoms with Gasteiger partial charge in [0.15, 0.2) is 0 Å². The molecular formula is C61H67N. The van der Waals surface area contributed by atoms with Gasteiger partial charge in [0.05, 0.1) is 0 Å². The number of benzene rings is 7. The average Bonchev–Trinajstić information content (AvgIpc) is 3.60. The minimum absolute atomic E-state index is 0.0737. The molecule has 0 aromatic heterocycles. The molecule has 1 aliphatic carbocycles. The largest absolute Gasteiger partial charge is 0.356 e. The summed E-state index contributed by atoms with van der Waals surface area (Å²) in [6, 6.07) is 61.8. The molecule has 0 aliphatic heterocycles. The maximum atomic E-state index is 3.85. The van der Waals surface area contributed by atoms with Crippen LogP contribution < -0.4 is 5.32 Å².